The molecule has 6 nitrogen and oxygen atoms in total. The van der Waals surface area contributed by atoms with Gasteiger partial charge < -0.3 is 9.47 Å². The van der Waals surface area contributed by atoms with E-state index in [1.54, 1.807) is 13.2 Å². The number of thioether (sulfide) groups is 1. The summed E-state index contributed by atoms with van der Waals surface area (Å²) in [6.45, 7) is 8.33. The number of rotatable bonds is 5. The SMILES string of the molecule is C=CCSc1nc(=O)c2cc3c(nc2n1-c1ccc(OC)cc1)CC(C)(C)OC3. The first-order valence-electron chi connectivity index (χ1n) is 9.39. The molecule has 1 aromatic carbocycles. The van der Waals surface area contributed by atoms with E-state index >= 15 is 0 Å². The van der Waals surface area contributed by atoms with Crippen LogP contribution < -0.4 is 10.3 Å². The first-order chi connectivity index (χ1) is 13.9. The van der Waals surface area contributed by atoms with Gasteiger partial charge in [-0.15, -0.1) is 6.58 Å². The molecule has 150 valence electrons. The van der Waals surface area contributed by atoms with Crippen molar-refractivity contribution in [2.45, 2.75) is 37.6 Å². The van der Waals surface area contributed by atoms with E-state index in [2.05, 4.69) is 25.4 Å². The van der Waals surface area contributed by atoms with Gasteiger partial charge in [0, 0.05) is 23.4 Å². The monoisotopic (exact) mass is 409 g/mol. The van der Waals surface area contributed by atoms with E-state index in [1.807, 2.05) is 34.9 Å². The molecule has 1 aliphatic rings. The lowest BCUT2D eigenvalue weighted by Gasteiger charge is -2.31. The van der Waals surface area contributed by atoms with Gasteiger partial charge in [-0.05, 0) is 44.2 Å². The number of pyridine rings is 1. The second-order valence-electron chi connectivity index (χ2n) is 7.52. The zero-order valence-corrected chi connectivity index (χ0v) is 17.6. The highest BCUT2D eigenvalue weighted by molar-refractivity contribution is 7.99. The standard InChI is InChI=1S/C22H23N3O3S/c1-5-10-29-21-24-20(26)17-11-14-13-28-22(2,3)12-18(14)23-19(17)25(21)15-6-8-16(27-4)9-7-15/h5-9,11H,1,10,12-13H2,2-4H3. The topological polar surface area (TPSA) is 66.2 Å². The molecular formula is C22H23N3O3S. The van der Waals surface area contributed by atoms with Crippen LogP contribution in [0.4, 0.5) is 0 Å². The number of nitrogens with zero attached hydrogens (tertiary/aromatic N) is 3. The maximum absolute atomic E-state index is 12.8. The average molecular weight is 410 g/mol. The van der Waals surface area contributed by atoms with Crippen LogP contribution in [0.1, 0.15) is 25.1 Å². The van der Waals surface area contributed by atoms with Crippen LogP contribution >= 0.6 is 11.8 Å². The summed E-state index contributed by atoms with van der Waals surface area (Å²) < 4.78 is 13.1. The van der Waals surface area contributed by atoms with Gasteiger partial charge >= 0.3 is 0 Å². The predicted molar refractivity (Wildman–Crippen MR) is 115 cm³/mol. The Balaban J connectivity index is 1.99. The van der Waals surface area contributed by atoms with Crippen molar-refractivity contribution in [1.82, 2.24) is 14.5 Å². The van der Waals surface area contributed by atoms with Crippen LogP contribution in [0.25, 0.3) is 16.7 Å². The molecule has 29 heavy (non-hydrogen) atoms. The number of ether oxygens (including phenoxy) is 2. The first kappa shape index (κ1) is 19.7. The van der Waals surface area contributed by atoms with Crippen LogP contribution in [0.15, 0.2) is 52.9 Å². The average Bonchev–Trinajstić information content (AvgIpc) is 2.71. The molecule has 0 spiro atoms. The van der Waals surface area contributed by atoms with Crippen molar-refractivity contribution in [2.24, 2.45) is 0 Å². The lowest BCUT2D eigenvalue weighted by molar-refractivity contribution is -0.0411. The summed E-state index contributed by atoms with van der Waals surface area (Å²) in [5.74, 6) is 1.40. The van der Waals surface area contributed by atoms with Gasteiger partial charge in [0.25, 0.3) is 5.56 Å². The third-order valence-electron chi connectivity index (χ3n) is 4.87. The maximum atomic E-state index is 12.8. The molecule has 0 N–H and O–H groups in total. The highest BCUT2D eigenvalue weighted by Gasteiger charge is 2.28. The van der Waals surface area contributed by atoms with Gasteiger partial charge in [0.15, 0.2) is 10.8 Å². The number of aromatic nitrogens is 3. The second kappa shape index (κ2) is 7.65. The molecule has 0 atom stereocenters. The second-order valence-corrected chi connectivity index (χ2v) is 8.51. The molecule has 3 aromatic rings. The van der Waals surface area contributed by atoms with Gasteiger partial charge in [0.05, 0.1) is 30.4 Å². The summed E-state index contributed by atoms with van der Waals surface area (Å²) in [6, 6.07) is 9.53. The van der Waals surface area contributed by atoms with Crippen LogP contribution in [-0.2, 0) is 17.8 Å². The Morgan fingerprint density at radius 1 is 1.31 bits per heavy atom. The van der Waals surface area contributed by atoms with Crippen molar-refractivity contribution in [3.8, 4) is 11.4 Å². The van der Waals surface area contributed by atoms with E-state index in [4.69, 9.17) is 14.5 Å². The summed E-state index contributed by atoms with van der Waals surface area (Å²) in [5.41, 5.74) is 2.82. The molecule has 0 saturated heterocycles. The molecule has 4 rings (SSSR count). The number of fused-ring (bicyclic) bond motifs is 2. The molecule has 7 heteroatoms. The van der Waals surface area contributed by atoms with E-state index in [9.17, 15) is 4.79 Å². The summed E-state index contributed by atoms with van der Waals surface area (Å²) in [6.07, 6.45) is 2.48. The molecule has 0 unspecified atom stereocenters. The summed E-state index contributed by atoms with van der Waals surface area (Å²) >= 11 is 1.46. The third-order valence-corrected chi connectivity index (χ3v) is 5.81. The molecule has 0 fully saturated rings. The molecule has 0 amide bonds. The van der Waals surface area contributed by atoms with Crippen LogP contribution in [-0.4, -0.2) is 33.0 Å². The van der Waals surface area contributed by atoms with E-state index < -0.39 is 0 Å². The number of benzene rings is 1. The van der Waals surface area contributed by atoms with Gasteiger partial charge in [-0.2, -0.15) is 4.98 Å². The lowest BCUT2D eigenvalue weighted by atomic mass is 9.95. The number of hydrogen-bond donors (Lipinski definition) is 0. The Morgan fingerprint density at radius 2 is 2.07 bits per heavy atom. The normalized spacial score (nSPS) is 15.1. The molecule has 2 aromatic heterocycles. The highest BCUT2D eigenvalue weighted by Crippen LogP contribution is 2.30. The summed E-state index contributed by atoms with van der Waals surface area (Å²) in [5, 5.41) is 1.08. The summed E-state index contributed by atoms with van der Waals surface area (Å²) in [4.78, 5) is 22.1. The van der Waals surface area contributed by atoms with Gasteiger partial charge in [-0.1, -0.05) is 17.8 Å². The van der Waals surface area contributed by atoms with Crippen molar-refractivity contribution in [3.63, 3.8) is 0 Å². The Hall–Kier alpha value is -2.64. The molecule has 3 heterocycles. The minimum absolute atomic E-state index is 0.281. The van der Waals surface area contributed by atoms with Gasteiger partial charge in [-0.25, -0.2) is 4.98 Å². The Bertz CT molecular complexity index is 1140. The molecule has 0 saturated carbocycles. The molecule has 1 aliphatic heterocycles. The maximum Gasteiger partial charge on any atom is 0.283 e. The molecule has 0 aliphatic carbocycles. The fourth-order valence-corrected chi connectivity index (χ4v) is 4.13. The van der Waals surface area contributed by atoms with Gasteiger partial charge in [0.2, 0.25) is 0 Å². The Morgan fingerprint density at radius 3 is 2.76 bits per heavy atom. The van der Waals surface area contributed by atoms with Gasteiger partial charge in [0.1, 0.15) is 5.75 Å². The highest BCUT2D eigenvalue weighted by atomic mass is 32.2. The number of methoxy groups -OCH3 is 1. The van der Waals surface area contributed by atoms with E-state index in [-0.39, 0.29) is 11.2 Å². The minimum atomic E-state index is -0.285. The molecule has 0 bridgehead atoms. The van der Waals surface area contributed by atoms with Crippen LogP contribution in [0.5, 0.6) is 5.75 Å². The fraction of sp³-hybridized carbons (Fsp3) is 0.318. The zero-order chi connectivity index (χ0) is 20.6. The van der Waals surface area contributed by atoms with Crippen LogP contribution in [0.2, 0.25) is 0 Å². The molecular weight excluding hydrogens is 386 g/mol. The minimum Gasteiger partial charge on any atom is -0.497 e. The van der Waals surface area contributed by atoms with E-state index in [0.717, 1.165) is 22.7 Å². The number of hydrogen-bond acceptors (Lipinski definition) is 6. The Labute approximate surface area is 173 Å². The first-order valence-corrected chi connectivity index (χ1v) is 10.4. The van der Waals surface area contributed by atoms with Crippen LogP contribution in [0.3, 0.4) is 0 Å². The molecule has 0 radical (unpaired) electrons. The largest absolute Gasteiger partial charge is 0.497 e. The Kier molecular flexibility index (Phi) is 5.19. The lowest BCUT2D eigenvalue weighted by Crippen LogP contribution is -2.33. The van der Waals surface area contributed by atoms with E-state index in [0.29, 0.717) is 35.0 Å². The zero-order valence-electron chi connectivity index (χ0n) is 16.8. The third kappa shape index (κ3) is 3.80. The fourth-order valence-electron chi connectivity index (χ4n) is 3.40. The van der Waals surface area contributed by atoms with Gasteiger partial charge in [-0.3, -0.25) is 9.36 Å². The van der Waals surface area contributed by atoms with Crippen molar-refractivity contribution in [2.75, 3.05) is 12.9 Å². The predicted octanol–water partition coefficient (Wildman–Crippen LogP) is 3.92. The van der Waals surface area contributed by atoms with Crippen molar-refractivity contribution >= 4 is 22.8 Å². The quantitative estimate of drug-likeness (QED) is 0.362. The van der Waals surface area contributed by atoms with Crippen molar-refractivity contribution < 1.29 is 9.47 Å². The van der Waals surface area contributed by atoms with Crippen molar-refractivity contribution in [1.29, 1.82) is 0 Å². The van der Waals surface area contributed by atoms with Crippen molar-refractivity contribution in [3.05, 3.63) is 64.6 Å². The van der Waals surface area contributed by atoms with Crippen LogP contribution in [0, 0.1) is 0 Å². The van der Waals surface area contributed by atoms with E-state index in [1.165, 1.54) is 11.8 Å². The summed E-state index contributed by atoms with van der Waals surface area (Å²) in [7, 11) is 1.63. The smallest absolute Gasteiger partial charge is 0.283 e.